The highest BCUT2D eigenvalue weighted by atomic mass is 19.1. The van der Waals surface area contributed by atoms with Crippen LogP contribution in [0.3, 0.4) is 0 Å². The molecule has 0 saturated heterocycles. The number of nitrogens with zero attached hydrogens (tertiary/aromatic N) is 2. The average molecular weight is 367 g/mol. The lowest BCUT2D eigenvalue weighted by Crippen LogP contribution is -2.07. The first-order valence-corrected chi connectivity index (χ1v) is 8.31. The maximum absolute atomic E-state index is 14.2. The topological polar surface area (TPSA) is 95.3 Å². The van der Waals surface area contributed by atoms with E-state index in [0.29, 0.717) is 17.1 Å². The molecule has 0 amide bonds. The number of hydrogen-bond donors (Lipinski definition) is 3. The molecule has 27 heavy (non-hydrogen) atoms. The van der Waals surface area contributed by atoms with E-state index in [4.69, 9.17) is 0 Å². The molecule has 7 heteroatoms. The van der Waals surface area contributed by atoms with Crippen LogP contribution in [0.1, 0.15) is 35.8 Å². The molecule has 1 aromatic carbocycles. The van der Waals surface area contributed by atoms with Crippen molar-refractivity contribution in [3.05, 3.63) is 65.9 Å². The third kappa shape index (κ3) is 3.72. The number of pyridine rings is 2. The number of benzene rings is 1. The van der Waals surface area contributed by atoms with Crippen molar-refractivity contribution in [2.45, 2.75) is 19.8 Å². The minimum absolute atomic E-state index is 0.00674. The lowest BCUT2D eigenvalue weighted by atomic mass is 10.0. The van der Waals surface area contributed by atoms with Gasteiger partial charge in [-0.3, -0.25) is 4.98 Å². The van der Waals surface area contributed by atoms with Crippen LogP contribution in [0.5, 0.6) is 5.88 Å². The summed E-state index contributed by atoms with van der Waals surface area (Å²) in [5.74, 6) is -1.98. The molecule has 0 saturated carbocycles. The van der Waals surface area contributed by atoms with Gasteiger partial charge >= 0.3 is 5.97 Å². The zero-order valence-electron chi connectivity index (χ0n) is 14.8. The Hall–Kier alpha value is -3.48. The van der Waals surface area contributed by atoms with Crippen LogP contribution in [0, 0.1) is 5.82 Å². The van der Waals surface area contributed by atoms with Gasteiger partial charge in [0.25, 0.3) is 0 Å². The Kier molecular flexibility index (Phi) is 5.03. The van der Waals surface area contributed by atoms with Crippen molar-refractivity contribution in [1.82, 2.24) is 9.97 Å². The summed E-state index contributed by atoms with van der Waals surface area (Å²) in [7, 11) is 0. The molecule has 0 bridgehead atoms. The second-order valence-corrected chi connectivity index (χ2v) is 6.28. The predicted octanol–water partition coefficient (Wildman–Crippen LogP) is 4.55. The molecule has 2 heterocycles. The number of carboxylic acid groups (broad SMARTS) is 1. The number of aromatic nitrogens is 2. The molecule has 138 valence electrons. The van der Waals surface area contributed by atoms with Crippen molar-refractivity contribution < 1.29 is 19.4 Å². The van der Waals surface area contributed by atoms with Crippen molar-refractivity contribution >= 4 is 17.3 Å². The van der Waals surface area contributed by atoms with Crippen LogP contribution in [-0.4, -0.2) is 26.2 Å². The number of anilines is 2. The van der Waals surface area contributed by atoms with Crippen LogP contribution in [0.25, 0.3) is 11.1 Å². The molecule has 0 spiro atoms. The van der Waals surface area contributed by atoms with E-state index in [-0.39, 0.29) is 28.5 Å². The molecule has 3 N–H and O–H groups in total. The Balaban J connectivity index is 2.16. The van der Waals surface area contributed by atoms with Gasteiger partial charge in [0.2, 0.25) is 5.88 Å². The van der Waals surface area contributed by atoms with Crippen molar-refractivity contribution in [2.75, 3.05) is 5.32 Å². The SMILES string of the molecule is CC(C)c1nc(O)c(-c2ccccc2F)cc1Nc1ccncc1C(=O)O. The van der Waals surface area contributed by atoms with E-state index in [1.54, 1.807) is 24.3 Å². The summed E-state index contributed by atoms with van der Waals surface area (Å²) in [5, 5.41) is 22.7. The lowest BCUT2D eigenvalue weighted by Gasteiger charge is -2.17. The molecule has 0 unspecified atom stereocenters. The van der Waals surface area contributed by atoms with Gasteiger partial charge in [0.05, 0.1) is 17.1 Å². The zero-order valence-corrected chi connectivity index (χ0v) is 14.8. The quantitative estimate of drug-likeness (QED) is 0.612. The minimum Gasteiger partial charge on any atom is -0.493 e. The summed E-state index contributed by atoms with van der Waals surface area (Å²) in [6.45, 7) is 3.78. The fraction of sp³-hybridized carbons (Fsp3) is 0.150. The maximum Gasteiger partial charge on any atom is 0.339 e. The summed E-state index contributed by atoms with van der Waals surface area (Å²) in [5.41, 5.74) is 1.74. The summed E-state index contributed by atoms with van der Waals surface area (Å²) in [6, 6.07) is 9.16. The van der Waals surface area contributed by atoms with Gasteiger partial charge in [-0.2, -0.15) is 0 Å². The average Bonchev–Trinajstić information content (AvgIpc) is 2.63. The van der Waals surface area contributed by atoms with Gasteiger partial charge in [-0.25, -0.2) is 14.2 Å². The number of halogens is 1. The van der Waals surface area contributed by atoms with Gasteiger partial charge in [-0.05, 0) is 24.1 Å². The highest BCUT2D eigenvalue weighted by Gasteiger charge is 2.19. The molecule has 0 aliphatic rings. The Bertz CT molecular complexity index is 1010. The Morgan fingerprint density at radius 1 is 1.15 bits per heavy atom. The van der Waals surface area contributed by atoms with Gasteiger partial charge in [-0.1, -0.05) is 32.0 Å². The standard InChI is InChI=1S/C20H18FN3O3/c1-11(2)18-17(23-16-7-8-22-10-14(16)20(26)27)9-13(19(25)24-18)12-5-3-4-6-15(12)21/h3-11H,1-2H3,(H,22,23)(H,24,25)(H,26,27). The summed E-state index contributed by atoms with van der Waals surface area (Å²) < 4.78 is 14.2. The second kappa shape index (κ2) is 7.41. The van der Waals surface area contributed by atoms with Gasteiger partial charge in [0, 0.05) is 23.5 Å². The van der Waals surface area contributed by atoms with Crippen LogP contribution < -0.4 is 5.32 Å². The first-order valence-electron chi connectivity index (χ1n) is 8.31. The normalized spacial score (nSPS) is 10.8. The van der Waals surface area contributed by atoms with Crippen molar-refractivity contribution in [1.29, 1.82) is 0 Å². The molecule has 2 aromatic heterocycles. The van der Waals surface area contributed by atoms with Gasteiger partial charge in [0.1, 0.15) is 11.4 Å². The van der Waals surface area contributed by atoms with E-state index < -0.39 is 11.8 Å². The number of hydrogen-bond acceptors (Lipinski definition) is 5. The largest absolute Gasteiger partial charge is 0.493 e. The zero-order chi connectivity index (χ0) is 19.6. The van der Waals surface area contributed by atoms with Gasteiger partial charge < -0.3 is 15.5 Å². The monoisotopic (exact) mass is 367 g/mol. The molecule has 0 fully saturated rings. The van der Waals surface area contributed by atoms with Crippen molar-refractivity contribution in [3.8, 4) is 17.0 Å². The molecule has 0 radical (unpaired) electrons. The van der Waals surface area contributed by atoms with E-state index in [2.05, 4.69) is 15.3 Å². The highest BCUT2D eigenvalue weighted by molar-refractivity contribution is 5.95. The molecule has 6 nitrogen and oxygen atoms in total. The van der Waals surface area contributed by atoms with Gasteiger partial charge in [0.15, 0.2) is 0 Å². The fourth-order valence-electron chi connectivity index (χ4n) is 2.75. The molecule has 0 atom stereocenters. The molecule has 0 aliphatic carbocycles. The maximum atomic E-state index is 14.2. The number of carboxylic acids is 1. The Morgan fingerprint density at radius 3 is 2.56 bits per heavy atom. The van der Waals surface area contributed by atoms with Crippen LogP contribution >= 0.6 is 0 Å². The molecule has 3 rings (SSSR count). The van der Waals surface area contributed by atoms with E-state index in [1.807, 2.05) is 13.8 Å². The number of aromatic hydroxyl groups is 1. The molecular formula is C20H18FN3O3. The summed E-state index contributed by atoms with van der Waals surface area (Å²) >= 11 is 0. The Labute approximate surface area is 155 Å². The van der Waals surface area contributed by atoms with Crippen LogP contribution in [0.15, 0.2) is 48.8 Å². The highest BCUT2D eigenvalue weighted by Crippen LogP contribution is 2.37. The molecule has 3 aromatic rings. The number of nitrogens with one attached hydrogen (secondary N) is 1. The van der Waals surface area contributed by atoms with Crippen molar-refractivity contribution in [2.24, 2.45) is 0 Å². The molecular weight excluding hydrogens is 349 g/mol. The Morgan fingerprint density at radius 2 is 1.89 bits per heavy atom. The van der Waals surface area contributed by atoms with Crippen LogP contribution in [0.4, 0.5) is 15.8 Å². The third-order valence-electron chi connectivity index (χ3n) is 4.06. The van der Waals surface area contributed by atoms with Crippen LogP contribution in [0.2, 0.25) is 0 Å². The number of carbonyl (C=O) groups is 1. The number of aromatic carboxylic acids is 1. The van der Waals surface area contributed by atoms with Gasteiger partial charge in [-0.15, -0.1) is 0 Å². The van der Waals surface area contributed by atoms with E-state index >= 15 is 0 Å². The predicted molar refractivity (Wildman–Crippen MR) is 99.9 cm³/mol. The summed E-state index contributed by atoms with van der Waals surface area (Å²) in [6.07, 6.45) is 2.71. The van der Waals surface area contributed by atoms with Crippen molar-refractivity contribution in [3.63, 3.8) is 0 Å². The summed E-state index contributed by atoms with van der Waals surface area (Å²) in [4.78, 5) is 19.5. The number of rotatable bonds is 5. The van der Waals surface area contributed by atoms with E-state index in [0.717, 1.165) is 0 Å². The second-order valence-electron chi connectivity index (χ2n) is 6.28. The molecule has 0 aliphatic heterocycles. The van der Waals surface area contributed by atoms with E-state index in [1.165, 1.54) is 24.5 Å². The lowest BCUT2D eigenvalue weighted by molar-refractivity contribution is 0.0697. The third-order valence-corrected chi connectivity index (χ3v) is 4.06. The van der Waals surface area contributed by atoms with E-state index in [9.17, 15) is 19.4 Å². The fourth-order valence-corrected chi connectivity index (χ4v) is 2.75. The first kappa shape index (κ1) is 18.3. The van der Waals surface area contributed by atoms with Crippen LogP contribution in [-0.2, 0) is 0 Å². The first-order chi connectivity index (χ1) is 12.9. The minimum atomic E-state index is -1.13. The smallest absolute Gasteiger partial charge is 0.339 e.